The highest BCUT2D eigenvalue weighted by atomic mass is 15.5. The van der Waals surface area contributed by atoms with E-state index >= 15 is 0 Å². The number of fused-ring (bicyclic) bond motifs is 3. The van der Waals surface area contributed by atoms with Crippen LogP contribution in [0.15, 0.2) is 109 Å². The Morgan fingerprint density at radius 1 is 0.676 bits per heavy atom. The van der Waals surface area contributed by atoms with Crippen molar-refractivity contribution in [3.63, 3.8) is 0 Å². The average molecular weight is 485 g/mol. The molecule has 2 unspecified atom stereocenters. The van der Waals surface area contributed by atoms with E-state index in [4.69, 9.17) is 0 Å². The zero-order valence-electron chi connectivity index (χ0n) is 21.9. The van der Waals surface area contributed by atoms with E-state index in [-0.39, 0.29) is 5.54 Å². The first-order valence-electron chi connectivity index (χ1n) is 14.1. The number of nitrogens with zero attached hydrogens (tertiary/aromatic N) is 2. The predicted molar refractivity (Wildman–Crippen MR) is 153 cm³/mol. The van der Waals surface area contributed by atoms with E-state index in [0.29, 0.717) is 24.2 Å². The van der Waals surface area contributed by atoms with Gasteiger partial charge < -0.3 is 4.90 Å². The van der Waals surface area contributed by atoms with Crippen molar-refractivity contribution in [3.05, 3.63) is 137 Å². The third-order valence-corrected chi connectivity index (χ3v) is 9.42. The van der Waals surface area contributed by atoms with Crippen LogP contribution in [0.5, 0.6) is 0 Å². The number of hydrogen-bond acceptors (Lipinski definition) is 2. The molecule has 2 heterocycles. The quantitative estimate of drug-likeness (QED) is 0.289. The monoisotopic (exact) mass is 484 g/mol. The van der Waals surface area contributed by atoms with E-state index in [2.05, 4.69) is 133 Å². The zero-order valence-corrected chi connectivity index (χ0v) is 21.9. The first kappa shape index (κ1) is 22.8. The predicted octanol–water partition coefficient (Wildman–Crippen LogP) is 8.07. The minimum Gasteiger partial charge on any atom is -0.351 e. The standard InChI is InChI=1S/C35H36N2/c1-25-15-9-14-24-32(25)36-26(2)33-30-22-12-13-23-31(30)35(28-18-5-3-6-19-28,29-20-7-4-8-21-29)37(33)34(36)27-16-10-11-17-27/h3-9,12-15,18-24,26-27,33-34H,10-11,16-17H2,1-2H3/t26-,33?,34?/m0/s1. The van der Waals surface area contributed by atoms with E-state index < -0.39 is 0 Å². The Labute approximate surface area is 221 Å². The molecule has 0 N–H and O–H groups in total. The normalized spacial score (nSPS) is 24.8. The molecule has 0 radical (unpaired) electrons. The second-order valence-electron chi connectivity index (χ2n) is 11.3. The van der Waals surface area contributed by atoms with Crippen molar-refractivity contribution in [1.82, 2.24) is 4.90 Å². The van der Waals surface area contributed by atoms with Crippen LogP contribution in [-0.4, -0.2) is 17.1 Å². The molecule has 37 heavy (non-hydrogen) atoms. The molecule has 1 saturated heterocycles. The Bertz CT molecular complexity index is 1350. The highest BCUT2D eigenvalue weighted by Gasteiger charge is 2.63. The van der Waals surface area contributed by atoms with Gasteiger partial charge in [0.05, 0.1) is 17.7 Å². The average Bonchev–Trinajstić information content (AvgIpc) is 3.65. The number of anilines is 1. The lowest BCUT2D eigenvalue weighted by Gasteiger charge is -2.47. The summed E-state index contributed by atoms with van der Waals surface area (Å²) in [5, 5.41) is 0. The lowest BCUT2D eigenvalue weighted by molar-refractivity contribution is 0.0832. The molecule has 2 aliphatic heterocycles. The molecule has 2 heteroatoms. The van der Waals surface area contributed by atoms with Crippen molar-refractivity contribution in [2.75, 3.05) is 4.90 Å². The van der Waals surface area contributed by atoms with Gasteiger partial charge in [-0.15, -0.1) is 0 Å². The lowest BCUT2D eigenvalue weighted by atomic mass is 9.76. The number of rotatable bonds is 4. The highest BCUT2D eigenvalue weighted by Crippen LogP contribution is 2.61. The Morgan fingerprint density at radius 3 is 1.89 bits per heavy atom. The Balaban J connectivity index is 1.56. The molecule has 0 spiro atoms. The van der Waals surface area contributed by atoms with Crippen LogP contribution in [0.25, 0.3) is 0 Å². The molecule has 4 aromatic carbocycles. The van der Waals surface area contributed by atoms with Gasteiger partial charge in [0.15, 0.2) is 0 Å². The molecular formula is C35H36N2. The van der Waals surface area contributed by atoms with Crippen LogP contribution >= 0.6 is 0 Å². The molecule has 4 aromatic rings. The fourth-order valence-electron chi connectivity index (χ4n) is 8.02. The van der Waals surface area contributed by atoms with Gasteiger partial charge in [-0.25, -0.2) is 0 Å². The summed E-state index contributed by atoms with van der Waals surface area (Å²) in [6.45, 7) is 4.76. The first-order valence-corrected chi connectivity index (χ1v) is 14.1. The summed E-state index contributed by atoms with van der Waals surface area (Å²) in [7, 11) is 0. The van der Waals surface area contributed by atoms with Crippen LogP contribution in [0, 0.1) is 12.8 Å². The van der Waals surface area contributed by atoms with E-state index in [1.807, 2.05) is 0 Å². The van der Waals surface area contributed by atoms with Gasteiger partial charge in [0.2, 0.25) is 0 Å². The van der Waals surface area contributed by atoms with E-state index in [9.17, 15) is 0 Å². The molecule has 1 saturated carbocycles. The van der Waals surface area contributed by atoms with Crippen LogP contribution in [0.4, 0.5) is 5.69 Å². The topological polar surface area (TPSA) is 6.48 Å². The summed E-state index contributed by atoms with van der Waals surface area (Å²) in [4.78, 5) is 5.77. The number of aryl methyl sites for hydroxylation is 1. The van der Waals surface area contributed by atoms with Crippen molar-refractivity contribution in [2.24, 2.45) is 5.92 Å². The van der Waals surface area contributed by atoms with Gasteiger partial charge >= 0.3 is 0 Å². The Morgan fingerprint density at radius 2 is 1.24 bits per heavy atom. The van der Waals surface area contributed by atoms with Gasteiger partial charge in [0.25, 0.3) is 0 Å². The number of hydrogen-bond donors (Lipinski definition) is 0. The van der Waals surface area contributed by atoms with Gasteiger partial charge in [0, 0.05) is 11.7 Å². The van der Waals surface area contributed by atoms with Gasteiger partial charge in [-0.3, -0.25) is 4.90 Å². The van der Waals surface area contributed by atoms with Crippen LogP contribution in [0.3, 0.4) is 0 Å². The smallest absolute Gasteiger partial charge is 0.0998 e. The molecule has 0 amide bonds. The fraction of sp³-hybridized carbons (Fsp3) is 0.314. The van der Waals surface area contributed by atoms with E-state index in [1.54, 1.807) is 0 Å². The zero-order chi connectivity index (χ0) is 25.0. The van der Waals surface area contributed by atoms with Gasteiger partial charge in [-0.2, -0.15) is 0 Å². The molecule has 3 aliphatic rings. The molecule has 3 atom stereocenters. The third-order valence-electron chi connectivity index (χ3n) is 9.42. The molecular weight excluding hydrogens is 448 g/mol. The lowest BCUT2D eigenvalue weighted by Crippen LogP contribution is -2.53. The first-order chi connectivity index (χ1) is 18.2. The van der Waals surface area contributed by atoms with Crippen molar-refractivity contribution in [3.8, 4) is 0 Å². The summed E-state index contributed by atoms with van der Waals surface area (Å²) in [6.07, 6.45) is 5.62. The molecule has 2 fully saturated rings. The van der Waals surface area contributed by atoms with E-state index in [1.165, 1.54) is 59.2 Å². The van der Waals surface area contributed by atoms with Crippen LogP contribution in [0.2, 0.25) is 0 Å². The Hall–Kier alpha value is -3.36. The summed E-state index contributed by atoms with van der Waals surface area (Å²) >= 11 is 0. The molecule has 0 bridgehead atoms. The Kier molecular flexibility index (Phi) is 5.48. The largest absolute Gasteiger partial charge is 0.351 e. The third kappa shape index (κ3) is 3.21. The van der Waals surface area contributed by atoms with Crippen molar-refractivity contribution in [1.29, 1.82) is 0 Å². The molecule has 186 valence electrons. The number of para-hydroxylation sites is 1. The van der Waals surface area contributed by atoms with Crippen LogP contribution in [-0.2, 0) is 5.54 Å². The highest BCUT2D eigenvalue weighted by molar-refractivity contribution is 5.63. The maximum absolute atomic E-state index is 2.95. The van der Waals surface area contributed by atoms with Gasteiger partial charge in [-0.05, 0) is 66.5 Å². The van der Waals surface area contributed by atoms with Crippen molar-refractivity contribution in [2.45, 2.75) is 63.3 Å². The molecule has 2 nitrogen and oxygen atoms in total. The maximum atomic E-state index is 2.95. The molecule has 0 aromatic heterocycles. The number of benzene rings is 4. The molecule has 7 rings (SSSR count). The second-order valence-corrected chi connectivity index (χ2v) is 11.3. The maximum Gasteiger partial charge on any atom is 0.0998 e. The van der Waals surface area contributed by atoms with Crippen molar-refractivity contribution < 1.29 is 0 Å². The fourth-order valence-corrected chi connectivity index (χ4v) is 8.02. The minimum absolute atomic E-state index is 0.321. The van der Waals surface area contributed by atoms with Gasteiger partial charge in [-0.1, -0.05) is 116 Å². The van der Waals surface area contributed by atoms with Crippen molar-refractivity contribution >= 4 is 5.69 Å². The SMILES string of the molecule is Cc1ccccc1N1C(C2CCCC2)N2C(c3ccccc3C2(c2ccccc2)c2ccccc2)[C@@H]1C. The second kappa shape index (κ2) is 8.89. The summed E-state index contributed by atoms with van der Waals surface area (Å²) in [5.74, 6) is 0.646. The van der Waals surface area contributed by atoms with Crippen LogP contribution < -0.4 is 4.90 Å². The molecule has 1 aliphatic carbocycles. The van der Waals surface area contributed by atoms with E-state index in [0.717, 1.165) is 0 Å². The van der Waals surface area contributed by atoms with Gasteiger partial charge in [0.1, 0.15) is 0 Å². The summed E-state index contributed by atoms with van der Waals surface area (Å²) < 4.78 is 0. The minimum atomic E-state index is -0.331. The summed E-state index contributed by atoms with van der Waals surface area (Å²) in [6, 6.07) is 41.7. The summed E-state index contributed by atoms with van der Waals surface area (Å²) in [5.41, 5.74) is 8.13. The van der Waals surface area contributed by atoms with Crippen LogP contribution in [0.1, 0.15) is 66.5 Å².